The third kappa shape index (κ3) is 0.572. The number of aromatic nitrogens is 1. The lowest BCUT2D eigenvalue weighted by Crippen LogP contribution is -1.85. The highest BCUT2D eigenvalue weighted by Crippen LogP contribution is 2.23. The summed E-state index contributed by atoms with van der Waals surface area (Å²) in [6.07, 6.45) is 6.47. The second-order valence-corrected chi connectivity index (χ2v) is 2.08. The molecule has 0 saturated heterocycles. The smallest absolute Gasteiger partial charge is 0.258 e. The number of nitroso groups, excluding NO2 is 1. The first-order valence-corrected chi connectivity index (χ1v) is 2.96. The zero-order valence-electron chi connectivity index (χ0n) is 5.19. The molecular formula is C7H5N2O+. The van der Waals surface area contributed by atoms with Crippen LogP contribution in [-0.4, -0.2) is 9.74 Å². The average molecular weight is 133 g/mol. The van der Waals surface area contributed by atoms with Crippen LogP contribution in [0.1, 0.15) is 5.56 Å². The predicted molar refractivity (Wildman–Crippen MR) is 36.6 cm³/mol. The molecule has 1 aliphatic rings. The third-order valence-corrected chi connectivity index (χ3v) is 1.46. The lowest BCUT2D eigenvalue weighted by atomic mass is 10.2. The largest absolute Gasteiger partial charge is 0.288 e. The molecule has 0 N–H and O–H groups in total. The van der Waals surface area contributed by atoms with Crippen molar-refractivity contribution in [1.29, 1.82) is 0 Å². The molecule has 1 aromatic rings. The summed E-state index contributed by atoms with van der Waals surface area (Å²) in [6, 6.07) is 1.81. The molecule has 0 aliphatic carbocycles. The molecule has 0 fully saturated rings. The molecule has 0 saturated carbocycles. The van der Waals surface area contributed by atoms with Crippen LogP contribution >= 0.6 is 0 Å². The van der Waals surface area contributed by atoms with Crippen LogP contribution in [-0.2, 0) is 0 Å². The van der Waals surface area contributed by atoms with Gasteiger partial charge in [-0.05, 0) is 6.07 Å². The van der Waals surface area contributed by atoms with E-state index in [0.717, 1.165) is 10.3 Å². The highest BCUT2D eigenvalue weighted by atomic mass is 16.3. The molecule has 0 bridgehead atoms. The van der Waals surface area contributed by atoms with E-state index in [2.05, 4.69) is 4.98 Å². The first-order chi connectivity index (χ1) is 4.88. The Bertz CT molecular complexity index is 317. The van der Waals surface area contributed by atoms with Crippen LogP contribution in [0.2, 0.25) is 0 Å². The highest BCUT2D eigenvalue weighted by molar-refractivity contribution is 5.62. The van der Waals surface area contributed by atoms with Crippen LogP contribution in [0.25, 0.3) is 6.08 Å². The molecule has 48 valence electrons. The van der Waals surface area contributed by atoms with Gasteiger partial charge in [-0.15, -0.1) is 0 Å². The van der Waals surface area contributed by atoms with Gasteiger partial charge in [0.05, 0.1) is 10.3 Å². The maximum Gasteiger partial charge on any atom is 0.288 e. The summed E-state index contributed by atoms with van der Waals surface area (Å²) in [5.41, 5.74) is 1.56. The Morgan fingerprint density at radius 3 is 3.20 bits per heavy atom. The number of hydrogen-bond donors (Lipinski definition) is 0. The molecular weight excluding hydrogens is 128 g/mol. The second-order valence-electron chi connectivity index (χ2n) is 2.08. The van der Waals surface area contributed by atoms with Crippen molar-refractivity contribution >= 4 is 11.8 Å². The summed E-state index contributed by atoms with van der Waals surface area (Å²) in [4.78, 5) is 14.7. The van der Waals surface area contributed by atoms with Crippen LogP contribution in [0, 0.1) is 4.91 Å². The molecule has 0 radical (unpaired) electrons. The van der Waals surface area contributed by atoms with Gasteiger partial charge < -0.3 is 0 Å². The number of nitrogens with zero attached hydrogens (tertiary/aromatic N) is 2. The summed E-state index contributed by atoms with van der Waals surface area (Å²) in [6.45, 7) is 0. The van der Waals surface area contributed by atoms with E-state index in [1.54, 1.807) is 18.5 Å². The van der Waals surface area contributed by atoms with E-state index in [4.69, 9.17) is 0 Å². The summed E-state index contributed by atoms with van der Waals surface area (Å²) in [5.74, 6) is 0. The Kier molecular flexibility index (Phi) is 0.917. The molecule has 2 rings (SSSR count). The normalized spacial score (nSPS) is 13.8. The van der Waals surface area contributed by atoms with E-state index in [-0.39, 0.29) is 0 Å². The molecule has 10 heavy (non-hydrogen) atoms. The zero-order chi connectivity index (χ0) is 6.97. The van der Waals surface area contributed by atoms with Crippen molar-refractivity contribution in [3.05, 3.63) is 35.1 Å². The molecule has 0 aromatic carbocycles. The van der Waals surface area contributed by atoms with Gasteiger partial charge in [-0.1, -0.05) is 0 Å². The molecule has 2 heterocycles. The van der Waals surface area contributed by atoms with Gasteiger partial charge in [0.25, 0.3) is 5.69 Å². The van der Waals surface area contributed by atoms with Gasteiger partial charge in [-0.2, -0.15) is 0 Å². The number of fused-ring (bicyclic) bond motifs is 1. The fraction of sp³-hybridized carbons (Fsp3) is 0. The van der Waals surface area contributed by atoms with Gasteiger partial charge in [0.15, 0.2) is 0 Å². The predicted octanol–water partition coefficient (Wildman–Crippen LogP) is 1.48. The average Bonchev–Trinajstić information content (AvgIpc) is 2.34. The number of hydrogen-bond acceptors (Lipinski definition) is 2. The maximum atomic E-state index is 10.9. The van der Waals surface area contributed by atoms with Crippen molar-refractivity contribution in [3.63, 3.8) is 0 Å². The highest BCUT2D eigenvalue weighted by Gasteiger charge is 2.20. The van der Waals surface area contributed by atoms with E-state index in [0.29, 0.717) is 5.69 Å². The lowest BCUT2D eigenvalue weighted by molar-refractivity contribution is -0.379. The Hall–Kier alpha value is -1.51. The van der Waals surface area contributed by atoms with Crippen LogP contribution in [0.15, 0.2) is 24.7 Å². The number of pyridine rings is 1. The minimum atomic E-state index is 0.627. The third-order valence-electron chi connectivity index (χ3n) is 1.46. The van der Waals surface area contributed by atoms with Crippen LogP contribution in [0.3, 0.4) is 0 Å². The monoisotopic (exact) mass is 133 g/mol. The molecule has 1 aromatic heterocycles. The second kappa shape index (κ2) is 1.73. The fourth-order valence-corrected chi connectivity index (χ4v) is 0.950. The van der Waals surface area contributed by atoms with Crippen molar-refractivity contribution in [1.82, 2.24) is 4.98 Å². The van der Waals surface area contributed by atoms with E-state index < -0.39 is 0 Å². The minimum absolute atomic E-state index is 0.627. The molecule has 3 heteroatoms. The van der Waals surface area contributed by atoms with Gasteiger partial charge >= 0.3 is 0 Å². The lowest BCUT2D eigenvalue weighted by Gasteiger charge is -1.83. The SMILES string of the molecule is O=[N+]1C=Cc2ccncc21. The zero-order valence-corrected chi connectivity index (χ0v) is 5.19. The molecule has 1 aliphatic heterocycles. The molecule has 0 unspecified atom stereocenters. The van der Waals surface area contributed by atoms with Crippen LogP contribution in [0.5, 0.6) is 0 Å². The van der Waals surface area contributed by atoms with Gasteiger partial charge in [-0.3, -0.25) is 4.98 Å². The van der Waals surface area contributed by atoms with Crippen molar-refractivity contribution in [2.75, 3.05) is 0 Å². The Morgan fingerprint density at radius 1 is 1.50 bits per heavy atom. The summed E-state index contributed by atoms with van der Waals surface area (Å²) in [5, 5.41) is 0. The fourth-order valence-electron chi connectivity index (χ4n) is 0.950. The minimum Gasteiger partial charge on any atom is -0.258 e. The first-order valence-electron chi connectivity index (χ1n) is 2.96. The topological polar surface area (TPSA) is 33.0 Å². The van der Waals surface area contributed by atoms with Gasteiger partial charge in [0.2, 0.25) is 6.20 Å². The van der Waals surface area contributed by atoms with Crippen molar-refractivity contribution in [2.24, 2.45) is 0 Å². The van der Waals surface area contributed by atoms with E-state index in [9.17, 15) is 4.91 Å². The van der Waals surface area contributed by atoms with Gasteiger partial charge in [-0.25, -0.2) is 0 Å². The van der Waals surface area contributed by atoms with Gasteiger partial charge in [0, 0.05) is 17.2 Å². The van der Waals surface area contributed by atoms with E-state index >= 15 is 0 Å². The Morgan fingerprint density at radius 2 is 2.40 bits per heavy atom. The van der Waals surface area contributed by atoms with Crippen LogP contribution < -0.4 is 0 Å². The first kappa shape index (κ1) is 5.29. The Labute approximate surface area is 57.6 Å². The summed E-state index contributed by atoms with van der Waals surface area (Å²) < 4.78 is 0.808. The van der Waals surface area contributed by atoms with Gasteiger partial charge in [0.1, 0.15) is 6.20 Å². The summed E-state index contributed by atoms with van der Waals surface area (Å²) >= 11 is 0. The Balaban J connectivity index is 2.70. The molecule has 0 atom stereocenters. The van der Waals surface area contributed by atoms with E-state index in [1.807, 2.05) is 6.07 Å². The van der Waals surface area contributed by atoms with E-state index in [1.165, 1.54) is 6.20 Å². The number of rotatable bonds is 0. The van der Waals surface area contributed by atoms with Crippen molar-refractivity contribution in [3.8, 4) is 0 Å². The maximum absolute atomic E-state index is 10.9. The molecule has 3 nitrogen and oxygen atoms in total. The van der Waals surface area contributed by atoms with Crippen LogP contribution in [0.4, 0.5) is 5.69 Å². The van der Waals surface area contributed by atoms with Crippen molar-refractivity contribution < 1.29 is 4.76 Å². The quantitative estimate of drug-likeness (QED) is 0.502. The standard InChI is InChI=1S/C7H5N2O/c10-9-4-2-6-1-3-8-5-7(6)9/h1-5H/q+1. The molecule has 0 spiro atoms. The summed E-state index contributed by atoms with van der Waals surface area (Å²) in [7, 11) is 0. The van der Waals surface area contributed by atoms with Crippen molar-refractivity contribution in [2.45, 2.75) is 0 Å². The molecule has 0 amide bonds.